The zero-order valence-corrected chi connectivity index (χ0v) is 11.8. The van der Waals surface area contributed by atoms with Crippen molar-refractivity contribution in [2.75, 3.05) is 5.32 Å². The molecule has 5 heteroatoms. The predicted octanol–water partition coefficient (Wildman–Crippen LogP) is 3.00. The van der Waals surface area contributed by atoms with Crippen LogP contribution in [0.25, 0.3) is 0 Å². The van der Waals surface area contributed by atoms with E-state index in [4.69, 9.17) is 5.11 Å². The molecule has 1 saturated carbocycles. The third-order valence-electron chi connectivity index (χ3n) is 3.95. The summed E-state index contributed by atoms with van der Waals surface area (Å²) in [7, 11) is 0. The fourth-order valence-electron chi connectivity index (χ4n) is 2.31. The summed E-state index contributed by atoms with van der Waals surface area (Å²) in [6.07, 6.45) is 3.56. The van der Waals surface area contributed by atoms with Gasteiger partial charge >= 0.3 is 12.0 Å². The van der Waals surface area contributed by atoms with E-state index in [-0.39, 0.29) is 17.6 Å². The molecule has 2 rings (SSSR count). The number of aryl methyl sites for hydroxylation is 1. The van der Waals surface area contributed by atoms with Crippen LogP contribution in [0, 0.1) is 12.8 Å². The Morgan fingerprint density at radius 1 is 1.35 bits per heavy atom. The second kappa shape index (κ2) is 5.94. The summed E-state index contributed by atoms with van der Waals surface area (Å²) in [6.45, 7) is 3.83. The molecule has 0 saturated heterocycles. The number of carboxylic acid groups (broad SMARTS) is 1. The standard InChI is InChI=1S/C15H20N2O3/c1-9-6-7-12(14(18)19)8-13(9)17-15(20)16-10(2)11-4-3-5-11/h6-8,10-11H,3-5H2,1-2H3,(H,18,19)(H2,16,17,20). The van der Waals surface area contributed by atoms with Crippen LogP contribution in [-0.2, 0) is 0 Å². The van der Waals surface area contributed by atoms with E-state index in [2.05, 4.69) is 10.6 Å². The maximum Gasteiger partial charge on any atom is 0.335 e. The largest absolute Gasteiger partial charge is 0.478 e. The lowest BCUT2D eigenvalue weighted by atomic mass is 9.80. The SMILES string of the molecule is Cc1ccc(C(=O)O)cc1NC(=O)NC(C)C1CCC1. The Kier molecular flexibility index (Phi) is 4.27. The van der Waals surface area contributed by atoms with Gasteiger partial charge in [-0.15, -0.1) is 0 Å². The number of urea groups is 1. The highest BCUT2D eigenvalue weighted by molar-refractivity contribution is 5.94. The van der Waals surface area contributed by atoms with Crippen LogP contribution in [0.2, 0.25) is 0 Å². The Bertz CT molecular complexity index is 524. The van der Waals surface area contributed by atoms with Gasteiger partial charge in [0, 0.05) is 11.7 Å². The molecule has 2 amide bonds. The van der Waals surface area contributed by atoms with E-state index in [9.17, 15) is 9.59 Å². The molecule has 0 heterocycles. The van der Waals surface area contributed by atoms with Gasteiger partial charge < -0.3 is 15.7 Å². The van der Waals surface area contributed by atoms with Gasteiger partial charge in [0.1, 0.15) is 0 Å². The zero-order valence-electron chi connectivity index (χ0n) is 11.8. The molecule has 0 bridgehead atoms. The lowest BCUT2D eigenvalue weighted by Gasteiger charge is -2.31. The molecular weight excluding hydrogens is 256 g/mol. The molecule has 1 aliphatic rings. The molecular formula is C15H20N2O3. The summed E-state index contributed by atoms with van der Waals surface area (Å²) < 4.78 is 0. The van der Waals surface area contributed by atoms with Crippen molar-refractivity contribution in [3.05, 3.63) is 29.3 Å². The third kappa shape index (κ3) is 3.29. The molecule has 0 spiro atoms. The maximum atomic E-state index is 11.9. The van der Waals surface area contributed by atoms with Crippen molar-refractivity contribution < 1.29 is 14.7 Å². The van der Waals surface area contributed by atoms with E-state index in [1.54, 1.807) is 6.07 Å². The van der Waals surface area contributed by atoms with Crippen LogP contribution in [0.3, 0.4) is 0 Å². The maximum absolute atomic E-state index is 11.9. The van der Waals surface area contributed by atoms with Gasteiger partial charge in [0.05, 0.1) is 5.56 Å². The van der Waals surface area contributed by atoms with E-state index >= 15 is 0 Å². The van der Waals surface area contributed by atoms with Crippen molar-refractivity contribution >= 4 is 17.7 Å². The Morgan fingerprint density at radius 3 is 2.60 bits per heavy atom. The molecule has 108 valence electrons. The molecule has 5 nitrogen and oxygen atoms in total. The normalized spacial score (nSPS) is 16.1. The number of hydrogen-bond acceptors (Lipinski definition) is 2. The van der Waals surface area contributed by atoms with Gasteiger partial charge in [-0.3, -0.25) is 0 Å². The summed E-state index contributed by atoms with van der Waals surface area (Å²) in [5.74, 6) is -0.441. The smallest absolute Gasteiger partial charge is 0.335 e. The van der Waals surface area contributed by atoms with Gasteiger partial charge in [-0.2, -0.15) is 0 Å². The van der Waals surface area contributed by atoms with Crippen molar-refractivity contribution in [2.24, 2.45) is 5.92 Å². The average molecular weight is 276 g/mol. The summed E-state index contributed by atoms with van der Waals surface area (Å²) in [4.78, 5) is 22.9. The van der Waals surface area contributed by atoms with Crippen molar-refractivity contribution in [2.45, 2.75) is 39.2 Å². The van der Waals surface area contributed by atoms with Crippen molar-refractivity contribution in [3.63, 3.8) is 0 Å². The van der Waals surface area contributed by atoms with Crippen molar-refractivity contribution in [1.82, 2.24) is 5.32 Å². The molecule has 0 radical (unpaired) electrons. The molecule has 1 atom stereocenters. The summed E-state index contributed by atoms with van der Waals surface area (Å²) in [5, 5.41) is 14.6. The minimum absolute atomic E-state index is 0.145. The van der Waals surface area contributed by atoms with Gasteiger partial charge in [0.15, 0.2) is 0 Å². The molecule has 1 aromatic carbocycles. The van der Waals surface area contributed by atoms with Gasteiger partial charge in [0.2, 0.25) is 0 Å². The first kappa shape index (κ1) is 14.4. The van der Waals surface area contributed by atoms with Crippen molar-refractivity contribution in [3.8, 4) is 0 Å². The second-order valence-electron chi connectivity index (χ2n) is 5.41. The number of anilines is 1. The topological polar surface area (TPSA) is 78.4 Å². The fourth-order valence-corrected chi connectivity index (χ4v) is 2.31. The van der Waals surface area contributed by atoms with Crippen LogP contribution in [0.4, 0.5) is 10.5 Å². The zero-order chi connectivity index (χ0) is 14.7. The lowest BCUT2D eigenvalue weighted by molar-refractivity contribution is 0.0697. The van der Waals surface area contributed by atoms with Crippen LogP contribution in [0.1, 0.15) is 42.1 Å². The fraction of sp³-hybridized carbons (Fsp3) is 0.467. The van der Waals surface area contributed by atoms with Crippen LogP contribution in [0.15, 0.2) is 18.2 Å². The predicted molar refractivity (Wildman–Crippen MR) is 77.1 cm³/mol. The first-order chi connectivity index (χ1) is 9.47. The third-order valence-corrected chi connectivity index (χ3v) is 3.95. The molecule has 3 N–H and O–H groups in total. The monoisotopic (exact) mass is 276 g/mol. The van der Waals surface area contributed by atoms with E-state index in [1.807, 2.05) is 13.8 Å². The minimum atomic E-state index is -1.00. The van der Waals surface area contributed by atoms with Gasteiger partial charge in [-0.05, 0) is 50.3 Å². The number of carboxylic acids is 1. The van der Waals surface area contributed by atoms with E-state index in [1.165, 1.54) is 18.6 Å². The number of carbonyl (C=O) groups is 2. The minimum Gasteiger partial charge on any atom is -0.478 e. The highest BCUT2D eigenvalue weighted by Gasteiger charge is 2.25. The number of aromatic carboxylic acids is 1. The number of hydrogen-bond donors (Lipinski definition) is 3. The Morgan fingerprint density at radius 2 is 2.05 bits per heavy atom. The van der Waals surface area contributed by atoms with Gasteiger partial charge in [-0.25, -0.2) is 9.59 Å². The average Bonchev–Trinajstić information content (AvgIpc) is 2.28. The Labute approximate surface area is 118 Å². The molecule has 1 aromatic rings. The first-order valence-electron chi connectivity index (χ1n) is 6.89. The molecule has 1 unspecified atom stereocenters. The van der Waals surface area contributed by atoms with Crippen molar-refractivity contribution in [1.29, 1.82) is 0 Å². The summed E-state index contributed by atoms with van der Waals surface area (Å²) >= 11 is 0. The van der Waals surface area contributed by atoms with Gasteiger partial charge in [-0.1, -0.05) is 12.5 Å². The Hall–Kier alpha value is -2.04. The molecule has 0 aromatic heterocycles. The van der Waals surface area contributed by atoms with E-state index in [0.717, 1.165) is 18.4 Å². The molecule has 0 aliphatic heterocycles. The lowest BCUT2D eigenvalue weighted by Crippen LogP contribution is -2.42. The quantitative estimate of drug-likeness (QED) is 0.791. The van der Waals surface area contributed by atoms with E-state index < -0.39 is 5.97 Å². The summed E-state index contributed by atoms with van der Waals surface area (Å²) in [5.41, 5.74) is 1.53. The Balaban J connectivity index is 1.99. The van der Waals surface area contributed by atoms with Crippen LogP contribution in [0.5, 0.6) is 0 Å². The van der Waals surface area contributed by atoms with E-state index in [0.29, 0.717) is 11.6 Å². The van der Waals surface area contributed by atoms with Crippen LogP contribution < -0.4 is 10.6 Å². The highest BCUT2D eigenvalue weighted by Crippen LogP contribution is 2.29. The molecule has 1 aliphatic carbocycles. The molecule has 20 heavy (non-hydrogen) atoms. The molecule has 1 fully saturated rings. The van der Waals surface area contributed by atoms with Crippen LogP contribution in [-0.4, -0.2) is 23.1 Å². The number of nitrogens with one attached hydrogen (secondary N) is 2. The number of amides is 2. The second-order valence-corrected chi connectivity index (χ2v) is 5.41. The first-order valence-corrected chi connectivity index (χ1v) is 6.89. The van der Waals surface area contributed by atoms with Crippen LogP contribution >= 0.6 is 0 Å². The number of rotatable bonds is 4. The highest BCUT2D eigenvalue weighted by atomic mass is 16.4. The summed E-state index contributed by atoms with van der Waals surface area (Å²) in [6, 6.07) is 4.55. The number of benzene rings is 1. The van der Waals surface area contributed by atoms with Gasteiger partial charge in [0.25, 0.3) is 0 Å². The number of carbonyl (C=O) groups excluding carboxylic acids is 1.